The molecule has 0 radical (unpaired) electrons. The van der Waals surface area contributed by atoms with E-state index in [1.54, 1.807) is 11.8 Å². The Hall–Kier alpha value is -2.73. The van der Waals surface area contributed by atoms with Gasteiger partial charge in [-0.1, -0.05) is 30.3 Å². The molecule has 0 aliphatic carbocycles. The van der Waals surface area contributed by atoms with Crippen molar-refractivity contribution in [1.29, 1.82) is 0 Å². The third-order valence-electron chi connectivity index (χ3n) is 5.45. The van der Waals surface area contributed by atoms with Gasteiger partial charge in [-0.05, 0) is 35.6 Å². The molecule has 2 amide bonds. The zero-order valence-corrected chi connectivity index (χ0v) is 17.4. The predicted octanol–water partition coefficient (Wildman–Crippen LogP) is 3.56. The van der Waals surface area contributed by atoms with Crippen molar-refractivity contribution in [3.05, 3.63) is 71.4 Å². The van der Waals surface area contributed by atoms with Crippen LogP contribution in [0.5, 0.6) is 0 Å². The van der Waals surface area contributed by atoms with Crippen LogP contribution in [-0.2, 0) is 17.0 Å². The molecule has 0 atom stereocenters. The molecule has 6 heteroatoms. The zero-order valence-electron chi connectivity index (χ0n) is 16.6. The lowest BCUT2D eigenvalue weighted by molar-refractivity contribution is -0.131. The number of aromatic nitrogens is 1. The van der Waals surface area contributed by atoms with E-state index in [4.69, 9.17) is 0 Å². The number of hydrogen-bond donors (Lipinski definition) is 1. The quantitative estimate of drug-likeness (QED) is 0.704. The van der Waals surface area contributed by atoms with Gasteiger partial charge in [0.1, 0.15) is 0 Å². The van der Waals surface area contributed by atoms with Gasteiger partial charge < -0.3 is 14.8 Å². The maximum atomic E-state index is 12.8. The standard InChI is InChI=1S/C23H25N3O2S/c1-29-16-17-6-8-18(9-7-17)23(28)26-12-10-25(11-13-26)22(27)14-19-15-24-21-5-3-2-4-20(19)21/h2-9,15,24H,10-14,16H2,1H3. The molecule has 29 heavy (non-hydrogen) atoms. The first-order chi connectivity index (χ1) is 14.2. The number of nitrogens with zero attached hydrogens (tertiary/aromatic N) is 2. The van der Waals surface area contributed by atoms with Crippen LogP contribution in [0, 0.1) is 0 Å². The minimum Gasteiger partial charge on any atom is -0.361 e. The highest BCUT2D eigenvalue weighted by Crippen LogP contribution is 2.19. The molecule has 2 aromatic carbocycles. The van der Waals surface area contributed by atoms with Crippen molar-refractivity contribution in [3.63, 3.8) is 0 Å². The number of nitrogens with one attached hydrogen (secondary N) is 1. The van der Waals surface area contributed by atoms with Crippen molar-refractivity contribution in [2.24, 2.45) is 0 Å². The van der Waals surface area contributed by atoms with E-state index < -0.39 is 0 Å². The second-order valence-electron chi connectivity index (χ2n) is 7.34. The lowest BCUT2D eigenvalue weighted by Gasteiger charge is -2.35. The second kappa shape index (κ2) is 8.74. The smallest absolute Gasteiger partial charge is 0.253 e. The Balaban J connectivity index is 1.33. The van der Waals surface area contributed by atoms with E-state index in [0.29, 0.717) is 38.2 Å². The van der Waals surface area contributed by atoms with E-state index in [1.807, 2.05) is 64.5 Å². The largest absolute Gasteiger partial charge is 0.361 e. The van der Waals surface area contributed by atoms with Crippen LogP contribution in [0.4, 0.5) is 0 Å². The second-order valence-corrected chi connectivity index (χ2v) is 8.21. The van der Waals surface area contributed by atoms with Crippen LogP contribution in [0.15, 0.2) is 54.7 Å². The number of benzene rings is 2. The third-order valence-corrected chi connectivity index (χ3v) is 6.07. The summed E-state index contributed by atoms with van der Waals surface area (Å²) in [6.45, 7) is 2.31. The lowest BCUT2D eigenvalue weighted by atomic mass is 10.1. The fourth-order valence-corrected chi connectivity index (χ4v) is 4.33. The fraction of sp³-hybridized carbons (Fsp3) is 0.304. The van der Waals surface area contributed by atoms with Crippen LogP contribution < -0.4 is 0 Å². The van der Waals surface area contributed by atoms with Crippen molar-refractivity contribution in [2.45, 2.75) is 12.2 Å². The van der Waals surface area contributed by atoms with E-state index in [2.05, 4.69) is 11.2 Å². The highest BCUT2D eigenvalue weighted by molar-refractivity contribution is 7.97. The third kappa shape index (κ3) is 4.32. The molecule has 0 saturated carbocycles. The van der Waals surface area contributed by atoms with E-state index >= 15 is 0 Å². The first-order valence-corrected chi connectivity index (χ1v) is 11.2. The molecule has 0 spiro atoms. The molecule has 4 rings (SSSR count). The minimum atomic E-state index is 0.0458. The van der Waals surface area contributed by atoms with Gasteiger partial charge in [-0.15, -0.1) is 0 Å². The average Bonchev–Trinajstić information content (AvgIpc) is 3.17. The summed E-state index contributed by atoms with van der Waals surface area (Å²) in [6, 6.07) is 15.9. The number of H-pyrrole nitrogens is 1. The Kier molecular flexibility index (Phi) is 5.90. The zero-order chi connectivity index (χ0) is 20.2. The molecule has 1 aromatic heterocycles. The Bertz CT molecular complexity index is 1000. The molecule has 1 N–H and O–H groups in total. The number of para-hydroxylation sites is 1. The highest BCUT2D eigenvalue weighted by atomic mass is 32.2. The number of aromatic amines is 1. The summed E-state index contributed by atoms with van der Waals surface area (Å²) < 4.78 is 0. The number of thioether (sulfide) groups is 1. The molecule has 1 saturated heterocycles. The number of fused-ring (bicyclic) bond motifs is 1. The minimum absolute atomic E-state index is 0.0458. The monoisotopic (exact) mass is 407 g/mol. The molecule has 2 heterocycles. The van der Waals surface area contributed by atoms with Gasteiger partial charge in [0.15, 0.2) is 0 Å². The summed E-state index contributed by atoms with van der Waals surface area (Å²) in [4.78, 5) is 32.5. The molecule has 0 unspecified atom stereocenters. The fourth-order valence-electron chi connectivity index (χ4n) is 3.80. The number of hydrogen-bond acceptors (Lipinski definition) is 3. The van der Waals surface area contributed by atoms with Gasteiger partial charge in [0.2, 0.25) is 5.91 Å². The maximum absolute atomic E-state index is 12.8. The topological polar surface area (TPSA) is 56.4 Å². The van der Waals surface area contributed by atoms with Crippen LogP contribution in [0.3, 0.4) is 0 Å². The van der Waals surface area contributed by atoms with E-state index in [1.165, 1.54) is 5.56 Å². The normalized spacial score (nSPS) is 14.4. The molecule has 1 aliphatic heterocycles. The summed E-state index contributed by atoms with van der Waals surface area (Å²) in [7, 11) is 0. The van der Waals surface area contributed by atoms with Gasteiger partial charge in [0.05, 0.1) is 6.42 Å². The van der Waals surface area contributed by atoms with Crippen LogP contribution in [-0.4, -0.2) is 59.0 Å². The summed E-state index contributed by atoms with van der Waals surface area (Å²) in [5.41, 5.74) is 4.01. The van der Waals surface area contributed by atoms with Crippen LogP contribution in [0.1, 0.15) is 21.5 Å². The van der Waals surface area contributed by atoms with Crippen molar-refractivity contribution < 1.29 is 9.59 Å². The van der Waals surface area contributed by atoms with Crippen molar-refractivity contribution in [2.75, 3.05) is 32.4 Å². The van der Waals surface area contributed by atoms with Crippen LogP contribution in [0.2, 0.25) is 0 Å². The Labute approximate surface area is 175 Å². The van der Waals surface area contributed by atoms with Gasteiger partial charge in [0, 0.05) is 54.6 Å². The van der Waals surface area contributed by atoms with Crippen LogP contribution >= 0.6 is 11.8 Å². The number of amides is 2. The first-order valence-electron chi connectivity index (χ1n) is 9.85. The predicted molar refractivity (Wildman–Crippen MR) is 118 cm³/mol. The maximum Gasteiger partial charge on any atom is 0.253 e. The highest BCUT2D eigenvalue weighted by Gasteiger charge is 2.25. The average molecular weight is 408 g/mol. The molecular formula is C23H25N3O2S. The van der Waals surface area contributed by atoms with Crippen molar-refractivity contribution in [3.8, 4) is 0 Å². The number of carbonyl (C=O) groups is 2. The van der Waals surface area contributed by atoms with Gasteiger partial charge >= 0.3 is 0 Å². The Morgan fingerprint density at radius 2 is 1.66 bits per heavy atom. The molecule has 1 aliphatic rings. The summed E-state index contributed by atoms with van der Waals surface area (Å²) >= 11 is 1.77. The first kappa shape index (κ1) is 19.6. The SMILES string of the molecule is CSCc1ccc(C(=O)N2CCN(C(=O)Cc3c[nH]c4ccccc34)CC2)cc1. The Morgan fingerprint density at radius 3 is 2.38 bits per heavy atom. The summed E-state index contributed by atoms with van der Waals surface area (Å²) in [5, 5.41) is 1.10. The summed E-state index contributed by atoms with van der Waals surface area (Å²) in [6.07, 6.45) is 4.37. The molecule has 150 valence electrons. The Morgan fingerprint density at radius 1 is 0.966 bits per heavy atom. The van der Waals surface area contributed by atoms with E-state index in [9.17, 15) is 9.59 Å². The lowest BCUT2D eigenvalue weighted by Crippen LogP contribution is -2.51. The number of piperazine rings is 1. The molecule has 3 aromatic rings. The van der Waals surface area contributed by atoms with Gasteiger partial charge in [-0.3, -0.25) is 9.59 Å². The molecular weight excluding hydrogens is 382 g/mol. The molecule has 1 fully saturated rings. The van der Waals surface area contributed by atoms with Gasteiger partial charge in [-0.25, -0.2) is 0 Å². The number of carbonyl (C=O) groups excluding carboxylic acids is 2. The number of rotatable bonds is 5. The van der Waals surface area contributed by atoms with Crippen molar-refractivity contribution in [1.82, 2.24) is 14.8 Å². The van der Waals surface area contributed by atoms with E-state index in [0.717, 1.165) is 22.2 Å². The summed E-state index contributed by atoms with van der Waals surface area (Å²) in [5.74, 6) is 1.11. The van der Waals surface area contributed by atoms with Gasteiger partial charge in [-0.2, -0.15) is 11.8 Å². The molecule has 0 bridgehead atoms. The van der Waals surface area contributed by atoms with E-state index in [-0.39, 0.29) is 11.8 Å². The van der Waals surface area contributed by atoms with Crippen LogP contribution in [0.25, 0.3) is 10.9 Å². The van der Waals surface area contributed by atoms with Crippen molar-refractivity contribution >= 4 is 34.5 Å². The van der Waals surface area contributed by atoms with Gasteiger partial charge in [0.25, 0.3) is 5.91 Å². The molecule has 5 nitrogen and oxygen atoms in total.